The molecular weight excluding hydrogens is 210 g/mol. The van der Waals surface area contributed by atoms with Crippen molar-refractivity contribution in [2.24, 2.45) is 0 Å². The molecule has 0 fully saturated rings. The van der Waals surface area contributed by atoms with Gasteiger partial charge in [-0.15, -0.1) is 0 Å². The Hall–Kier alpha value is -2.22. The first kappa shape index (κ1) is 11.9. The Kier molecular flexibility index (Phi) is 4.16. The quantitative estimate of drug-likeness (QED) is 0.769. The number of hydrogen-bond acceptors (Lipinski definition) is 4. The van der Waals surface area contributed by atoms with Crippen molar-refractivity contribution in [3.8, 4) is 23.6 Å². The standard InChI is InChI=1S/C11H11NO4/c1-15-9-7-6-8(11(12-9)16-2)4-3-5-10(13)14/h6-7H,5H2,1-2H3,(H,13,14). The van der Waals surface area contributed by atoms with Gasteiger partial charge in [0.05, 0.1) is 19.8 Å². The average Bonchev–Trinajstić information content (AvgIpc) is 2.29. The number of carboxylic acids is 1. The van der Waals surface area contributed by atoms with Gasteiger partial charge in [-0.3, -0.25) is 4.79 Å². The van der Waals surface area contributed by atoms with Crippen molar-refractivity contribution in [1.82, 2.24) is 4.98 Å². The smallest absolute Gasteiger partial charge is 0.315 e. The predicted octanol–water partition coefficient (Wildman–Crippen LogP) is 0.925. The monoisotopic (exact) mass is 221 g/mol. The SMILES string of the molecule is COc1ccc(C#CCC(=O)O)c(OC)n1. The summed E-state index contributed by atoms with van der Waals surface area (Å²) in [5, 5.41) is 8.43. The van der Waals surface area contributed by atoms with Gasteiger partial charge in [-0.2, -0.15) is 4.98 Å². The summed E-state index contributed by atoms with van der Waals surface area (Å²) in [6.45, 7) is 0. The first-order valence-electron chi connectivity index (χ1n) is 4.47. The lowest BCUT2D eigenvalue weighted by Gasteiger charge is -2.03. The number of methoxy groups -OCH3 is 2. The van der Waals surface area contributed by atoms with Crippen molar-refractivity contribution in [2.75, 3.05) is 14.2 Å². The minimum absolute atomic E-state index is 0.213. The Morgan fingerprint density at radius 1 is 1.44 bits per heavy atom. The fraction of sp³-hybridized carbons (Fsp3) is 0.273. The summed E-state index contributed by atoms with van der Waals surface area (Å²) >= 11 is 0. The highest BCUT2D eigenvalue weighted by Gasteiger charge is 2.03. The molecule has 0 aliphatic rings. The molecule has 0 atom stereocenters. The van der Waals surface area contributed by atoms with E-state index in [2.05, 4.69) is 16.8 Å². The van der Waals surface area contributed by atoms with E-state index in [1.165, 1.54) is 14.2 Å². The van der Waals surface area contributed by atoms with Gasteiger partial charge in [-0.25, -0.2) is 0 Å². The van der Waals surface area contributed by atoms with E-state index < -0.39 is 5.97 Å². The molecule has 16 heavy (non-hydrogen) atoms. The number of carboxylic acid groups (broad SMARTS) is 1. The van der Waals surface area contributed by atoms with Crippen molar-refractivity contribution in [2.45, 2.75) is 6.42 Å². The highest BCUT2D eigenvalue weighted by molar-refractivity contribution is 5.70. The molecule has 1 rings (SSSR count). The number of carbonyl (C=O) groups is 1. The van der Waals surface area contributed by atoms with Gasteiger partial charge in [-0.05, 0) is 6.07 Å². The molecule has 0 radical (unpaired) electrons. The van der Waals surface area contributed by atoms with Gasteiger partial charge in [-0.1, -0.05) is 11.8 Å². The third kappa shape index (κ3) is 3.17. The number of rotatable bonds is 3. The minimum Gasteiger partial charge on any atom is -0.481 e. The van der Waals surface area contributed by atoms with Gasteiger partial charge in [0.2, 0.25) is 11.8 Å². The Balaban J connectivity index is 2.94. The molecule has 1 aromatic heterocycles. The third-order valence-electron chi connectivity index (χ3n) is 1.70. The highest BCUT2D eigenvalue weighted by atomic mass is 16.5. The van der Waals surface area contributed by atoms with Gasteiger partial charge in [0.1, 0.15) is 6.42 Å². The van der Waals surface area contributed by atoms with Crippen LogP contribution in [0.1, 0.15) is 12.0 Å². The minimum atomic E-state index is -0.965. The summed E-state index contributed by atoms with van der Waals surface area (Å²) in [6.07, 6.45) is -0.213. The van der Waals surface area contributed by atoms with Crippen LogP contribution < -0.4 is 9.47 Å². The second-order valence-corrected chi connectivity index (χ2v) is 2.78. The van der Waals surface area contributed by atoms with Crippen LogP contribution in [-0.4, -0.2) is 30.3 Å². The summed E-state index contributed by atoms with van der Waals surface area (Å²) in [7, 11) is 2.96. The lowest BCUT2D eigenvalue weighted by molar-refractivity contribution is -0.135. The zero-order valence-corrected chi connectivity index (χ0v) is 8.98. The molecular formula is C11H11NO4. The van der Waals surface area contributed by atoms with E-state index in [1.807, 2.05) is 0 Å². The molecule has 0 bridgehead atoms. The van der Waals surface area contributed by atoms with Crippen LogP contribution in [0.3, 0.4) is 0 Å². The predicted molar refractivity (Wildman–Crippen MR) is 56.5 cm³/mol. The second kappa shape index (κ2) is 5.61. The molecule has 0 unspecified atom stereocenters. The molecule has 0 aliphatic carbocycles. The van der Waals surface area contributed by atoms with E-state index in [1.54, 1.807) is 12.1 Å². The van der Waals surface area contributed by atoms with Gasteiger partial charge in [0.15, 0.2) is 0 Å². The number of aromatic nitrogens is 1. The van der Waals surface area contributed by atoms with E-state index in [9.17, 15) is 4.79 Å². The molecule has 5 nitrogen and oxygen atoms in total. The van der Waals surface area contributed by atoms with Crippen LogP contribution in [0.25, 0.3) is 0 Å². The van der Waals surface area contributed by atoms with Crippen LogP contribution >= 0.6 is 0 Å². The molecule has 1 N–H and O–H groups in total. The van der Waals surface area contributed by atoms with E-state index in [-0.39, 0.29) is 6.42 Å². The Labute approximate surface area is 93.0 Å². The van der Waals surface area contributed by atoms with Crippen LogP contribution in [0, 0.1) is 11.8 Å². The molecule has 0 aliphatic heterocycles. The van der Waals surface area contributed by atoms with Gasteiger partial charge >= 0.3 is 5.97 Å². The largest absolute Gasteiger partial charge is 0.481 e. The molecule has 0 spiro atoms. The van der Waals surface area contributed by atoms with Crippen molar-refractivity contribution in [3.05, 3.63) is 17.7 Å². The van der Waals surface area contributed by atoms with Gasteiger partial charge < -0.3 is 14.6 Å². The summed E-state index contributed by atoms with van der Waals surface area (Å²) in [4.78, 5) is 14.3. The number of pyridine rings is 1. The fourth-order valence-electron chi connectivity index (χ4n) is 1.00. The first-order chi connectivity index (χ1) is 7.67. The topological polar surface area (TPSA) is 68.7 Å². The maximum atomic E-state index is 10.3. The van der Waals surface area contributed by atoms with Gasteiger partial charge in [0, 0.05) is 6.07 Å². The maximum absolute atomic E-state index is 10.3. The average molecular weight is 221 g/mol. The summed E-state index contributed by atoms with van der Waals surface area (Å²) in [6, 6.07) is 3.30. The Bertz CT molecular complexity index is 445. The highest BCUT2D eigenvalue weighted by Crippen LogP contribution is 2.18. The van der Waals surface area contributed by atoms with Gasteiger partial charge in [0.25, 0.3) is 0 Å². The lowest BCUT2D eigenvalue weighted by Crippen LogP contribution is -1.95. The van der Waals surface area contributed by atoms with Crippen LogP contribution in [0.15, 0.2) is 12.1 Å². The van der Waals surface area contributed by atoms with E-state index in [0.717, 1.165) is 0 Å². The van der Waals surface area contributed by atoms with E-state index in [0.29, 0.717) is 17.3 Å². The number of hydrogen-bond donors (Lipinski definition) is 1. The molecule has 5 heteroatoms. The normalized spacial score (nSPS) is 8.88. The number of ether oxygens (including phenoxy) is 2. The fourth-order valence-corrected chi connectivity index (χ4v) is 1.00. The Morgan fingerprint density at radius 3 is 2.75 bits per heavy atom. The Morgan fingerprint density at radius 2 is 2.19 bits per heavy atom. The second-order valence-electron chi connectivity index (χ2n) is 2.78. The molecule has 1 aromatic rings. The zero-order chi connectivity index (χ0) is 12.0. The number of nitrogens with zero attached hydrogens (tertiary/aromatic N) is 1. The molecule has 1 heterocycles. The summed E-state index contributed by atoms with van der Waals surface area (Å²) in [5.74, 6) is 4.95. The van der Waals surface area contributed by atoms with Crippen molar-refractivity contribution in [1.29, 1.82) is 0 Å². The molecule has 0 amide bonds. The van der Waals surface area contributed by atoms with E-state index >= 15 is 0 Å². The van der Waals surface area contributed by atoms with Crippen LogP contribution in [0.2, 0.25) is 0 Å². The number of aliphatic carboxylic acids is 1. The van der Waals surface area contributed by atoms with E-state index in [4.69, 9.17) is 14.6 Å². The molecule has 0 saturated carbocycles. The van der Waals surface area contributed by atoms with Crippen molar-refractivity contribution >= 4 is 5.97 Å². The molecule has 84 valence electrons. The lowest BCUT2D eigenvalue weighted by atomic mass is 10.2. The molecule has 0 aromatic carbocycles. The van der Waals surface area contributed by atoms with Crippen LogP contribution in [0.4, 0.5) is 0 Å². The maximum Gasteiger partial charge on any atom is 0.315 e. The summed E-state index contributed by atoms with van der Waals surface area (Å²) in [5.41, 5.74) is 0.532. The van der Waals surface area contributed by atoms with Crippen molar-refractivity contribution in [3.63, 3.8) is 0 Å². The molecule has 0 saturated heterocycles. The first-order valence-corrected chi connectivity index (χ1v) is 4.47. The summed E-state index contributed by atoms with van der Waals surface area (Å²) < 4.78 is 9.93. The zero-order valence-electron chi connectivity index (χ0n) is 8.98. The van der Waals surface area contributed by atoms with Crippen LogP contribution in [-0.2, 0) is 4.79 Å². The third-order valence-corrected chi connectivity index (χ3v) is 1.70. The van der Waals surface area contributed by atoms with Crippen molar-refractivity contribution < 1.29 is 19.4 Å². The van der Waals surface area contributed by atoms with Crippen LogP contribution in [0.5, 0.6) is 11.8 Å².